The van der Waals surface area contributed by atoms with Crippen molar-refractivity contribution in [1.29, 1.82) is 0 Å². The Hall–Kier alpha value is -7.94. The summed E-state index contributed by atoms with van der Waals surface area (Å²) in [6.07, 6.45) is -2.38. The molecule has 5 aromatic rings. The van der Waals surface area contributed by atoms with Gasteiger partial charge >= 0.3 is 36.1 Å². The zero-order valence-electron chi connectivity index (χ0n) is 43.6. The molecule has 2 aliphatic heterocycles. The first kappa shape index (κ1) is 59.6. The summed E-state index contributed by atoms with van der Waals surface area (Å²) in [4.78, 5) is 86.1. The van der Waals surface area contributed by atoms with Gasteiger partial charge in [-0.2, -0.15) is 0 Å². The molecule has 75 heavy (non-hydrogen) atoms. The number of fused-ring (bicyclic) bond motifs is 2. The minimum atomic E-state index is -1.15. The second kappa shape index (κ2) is 26.3. The Bertz CT molecular complexity index is 2790. The topological polar surface area (TPSA) is 247 Å². The summed E-state index contributed by atoms with van der Waals surface area (Å²) < 4.78 is 53.2. The van der Waals surface area contributed by atoms with Gasteiger partial charge in [0, 0.05) is 62.1 Å². The van der Waals surface area contributed by atoms with Gasteiger partial charge in [0.2, 0.25) is 0 Å². The number of nitrogens with zero attached hydrogens (tertiary/aromatic N) is 4. The number of hydrogen-bond acceptors (Lipinski definition) is 18. The highest BCUT2D eigenvalue weighted by Crippen LogP contribution is 2.35. The molecular weight excluding hydrogens is 977 g/mol. The molecule has 4 atom stereocenters. The highest BCUT2D eigenvalue weighted by atomic mass is 16.6. The van der Waals surface area contributed by atoms with Crippen LogP contribution < -0.4 is 18.9 Å². The molecule has 0 radical (unpaired) electrons. The lowest BCUT2D eigenvalue weighted by atomic mass is 10.1. The predicted molar refractivity (Wildman–Crippen MR) is 274 cm³/mol. The molecule has 4 heterocycles. The van der Waals surface area contributed by atoms with E-state index in [1.165, 1.54) is 45.5 Å². The Morgan fingerprint density at radius 3 is 1.40 bits per heavy atom. The molecule has 0 spiro atoms. The second-order valence-electron chi connectivity index (χ2n) is 18.8. The quantitative estimate of drug-likeness (QED) is 0.0911. The molecule has 0 aliphatic carbocycles. The number of carboxylic acid groups (broad SMARTS) is 1. The fourth-order valence-electron chi connectivity index (χ4n) is 7.67. The minimum Gasteiger partial charge on any atom is -0.497 e. The van der Waals surface area contributed by atoms with Gasteiger partial charge in [-0.05, 0) is 71.4 Å². The van der Waals surface area contributed by atoms with Crippen molar-refractivity contribution in [1.82, 2.24) is 19.8 Å². The number of methoxy groups -OCH3 is 5. The molecule has 0 unspecified atom stereocenters. The van der Waals surface area contributed by atoms with Gasteiger partial charge in [-0.15, -0.1) is 0 Å². The van der Waals surface area contributed by atoms with E-state index in [9.17, 15) is 33.9 Å². The van der Waals surface area contributed by atoms with Gasteiger partial charge in [0.1, 0.15) is 65.1 Å². The average molecular weight is 1050 g/mol. The third-order valence-corrected chi connectivity index (χ3v) is 10.9. The van der Waals surface area contributed by atoms with Crippen molar-refractivity contribution in [3.05, 3.63) is 95.8 Å². The van der Waals surface area contributed by atoms with E-state index < -0.39 is 71.6 Å². The van der Waals surface area contributed by atoms with Crippen LogP contribution in [0.2, 0.25) is 0 Å². The lowest BCUT2D eigenvalue weighted by Gasteiger charge is -2.27. The van der Waals surface area contributed by atoms with Gasteiger partial charge in [-0.3, -0.25) is 9.80 Å². The number of carbonyl (C=O) groups is 6. The number of amides is 2. The maximum atomic E-state index is 13.2. The zero-order chi connectivity index (χ0) is 54.5. The van der Waals surface area contributed by atoms with Gasteiger partial charge < -0.3 is 52.5 Å². The smallest absolute Gasteiger partial charge is 0.411 e. The SMILES string of the molecule is C.COC.COC(=O)c1cc(O[C@@H]2C[C@@H](C(=O)O)N(C(=O)OC(C)(C)C)C2)c2ccc(OC)cc2n1.COC(=O)c1cc(O[C@@H]2C[C@@H](C(=O)OCc3ccccc3)N(C(=O)OC(C)(C)C)C2)c2ccc(OC)cc2n1. The normalized spacial score (nSPS) is 16.9. The van der Waals surface area contributed by atoms with Crippen molar-refractivity contribution in [2.75, 3.05) is 55.7 Å². The maximum absolute atomic E-state index is 13.2. The molecule has 1 N–H and O–H groups in total. The van der Waals surface area contributed by atoms with Gasteiger partial charge in [-0.25, -0.2) is 38.7 Å². The lowest BCUT2D eigenvalue weighted by Crippen LogP contribution is -2.44. The predicted octanol–water partition coefficient (Wildman–Crippen LogP) is 8.30. The molecule has 2 amide bonds. The number of rotatable bonds is 12. The highest BCUT2D eigenvalue weighted by molar-refractivity contribution is 5.95. The van der Waals surface area contributed by atoms with E-state index in [4.69, 9.17) is 42.6 Å². The summed E-state index contributed by atoms with van der Waals surface area (Å²) in [7, 11) is 8.80. The molecule has 2 aliphatic rings. The number of carboxylic acids is 1. The van der Waals surface area contributed by atoms with Crippen molar-refractivity contribution < 1.29 is 81.2 Å². The van der Waals surface area contributed by atoms with E-state index in [-0.39, 0.29) is 51.4 Å². The van der Waals surface area contributed by atoms with E-state index in [2.05, 4.69) is 14.7 Å². The van der Waals surface area contributed by atoms with E-state index >= 15 is 0 Å². The molecule has 2 aromatic heterocycles. The maximum Gasteiger partial charge on any atom is 0.411 e. The first-order chi connectivity index (χ1) is 35.0. The molecule has 2 fully saturated rings. The van der Waals surface area contributed by atoms with Crippen molar-refractivity contribution in [3.63, 3.8) is 0 Å². The third kappa shape index (κ3) is 16.3. The van der Waals surface area contributed by atoms with Crippen LogP contribution in [0.3, 0.4) is 0 Å². The minimum absolute atomic E-state index is 0. The largest absolute Gasteiger partial charge is 0.497 e. The van der Waals surface area contributed by atoms with E-state index in [1.54, 1.807) is 92.2 Å². The Balaban J connectivity index is 0.000000310. The van der Waals surface area contributed by atoms with Crippen LogP contribution >= 0.6 is 0 Å². The highest BCUT2D eigenvalue weighted by Gasteiger charge is 2.45. The summed E-state index contributed by atoms with van der Waals surface area (Å²) in [5, 5.41) is 10.8. The molecular formula is C54H68N4O17. The number of esters is 3. The summed E-state index contributed by atoms with van der Waals surface area (Å²) >= 11 is 0. The van der Waals surface area contributed by atoms with E-state index in [0.29, 0.717) is 44.8 Å². The number of ether oxygens (including phenoxy) is 10. The van der Waals surface area contributed by atoms with Crippen LogP contribution in [0.25, 0.3) is 21.8 Å². The fraction of sp³-hybridized carbons (Fsp3) is 0.444. The molecule has 21 heteroatoms. The zero-order valence-corrected chi connectivity index (χ0v) is 43.6. The number of benzene rings is 3. The van der Waals surface area contributed by atoms with Crippen molar-refractivity contribution in [2.24, 2.45) is 0 Å². The van der Waals surface area contributed by atoms with Crippen LogP contribution in [0.5, 0.6) is 23.0 Å². The molecule has 406 valence electrons. The number of likely N-dealkylation sites (tertiary alicyclic amines) is 2. The van der Waals surface area contributed by atoms with Crippen LogP contribution in [-0.2, 0) is 44.6 Å². The van der Waals surface area contributed by atoms with Gasteiger partial charge in [0.05, 0.1) is 52.6 Å². The van der Waals surface area contributed by atoms with Gasteiger partial charge in [0.25, 0.3) is 0 Å². The number of aliphatic carboxylic acids is 1. The van der Waals surface area contributed by atoms with Crippen LogP contribution in [-0.4, -0.2) is 152 Å². The van der Waals surface area contributed by atoms with Crippen LogP contribution in [0.1, 0.15) is 88.4 Å². The molecule has 3 aromatic carbocycles. The molecule has 7 rings (SSSR count). The standard InChI is InChI=1S/C29H32N2O8.C22H26N2O8.C2H6O.CH4/c1-29(2,3)39-28(34)31-16-20(14-24(31)27(33)37-17-18-9-7-6-8-10-18)38-25-15-23(26(32)36-5)30-22-13-19(35-4)11-12-21(22)25;1-22(2,3)32-21(28)24-11-13(9-17(24)19(25)26)31-18-10-16(20(27)30-5)23-15-8-12(29-4)6-7-14(15)18;1-3-2;/h6-13,15,20,24H,14,16-17H2,1-5H3;6-8,10,13,17H,9,11H2,1-5H3,(H,25,26);1-2H3;1H4/t20-,24+;13-,17+;;/m11../s1. The number of aromatic nitrogens is 2. The van der Waals surface area contributed by atoms with Crippen molar-refractivity contribution in [3.8, 4) is 23.0 Å². The lowest BCUT2D eigenvalue weighted by molar-refractivity contribution is -0.150. The summed E-state index contributed by atoms with van der Waals surface area (Å²) in [6.45, 7) is 10.5. The number of carbonyl (C=O) groups excluding carboxylic acids is 5. The van der Waals surface area contributed by atoms with Crippen molar-refractivity contribution >= 4 is 57.9 Å². The van der Waals surface area contributed by atoms with E-state index in [1.807, 2.05) is 30.3 Å². The molecule has 0 saturated carbocycles. The number of pyridine rings is 2. The van der Waals surface area contributed by atoms with Crippen molar-refractivity contribution in [2.45, 2.75) is 104 Å². The monoisotopic (exact) mass is 1040 g/mol. The Morgan fingerprint density at radius 2 is 1.01 bits per heavy atom. The Kier molecular flexibility index (Phi) is 20.9. The first-order valence-corrected chi connectivity index (χ1v) is 23.3. The van der Waals surface area contributed by atoms with Crippen LogP contribution in [0, 0.1) is 0 Å². The Morgan fingerprint density at radius 1 is 0.600 bits per heavy atom. The second-order valence-corrected chi connectivity index (χ2v) is 18.8. The summed E-state index contributed by atoms with van der Waals surface area (Å²) in [5.74, 6) is -1.22. The summed E-state index contributed by atoms with van der Waals surface area (Å²) in [6, 6.07) is 20.5. The number of hydrogen-bond donors (Lipinski definition) is 1. The fourth-order valence-corrected chi connectivity index (χ4v) is 7.67. The van der Waals surface area contributed by atoms with Crippen LogP contribution in [0.15, 0.2) is 78.9 Å². The van der Waals surface area contributed by atoms with Gasteiger partial charge in [0.15, 0.2) is 11.4 Å². The molecule has 21 nitrogen and oxygen atoms in total. The van der Waals surface area contributed by atoms with E-state index in [0.717, 1.165) is 10.5 Å². The average Bonchev–Trinajstić information content (AvgIpc) is 4.00. The first-order valence-electron chi connectivity index (χ1n) is 23.3. The molecule has 0 bridgehead atoms. The van der Waals surface area contributed by atoms with Crippen LogP contribution in [0.4, 0.5) is 9.59 Å². The summed E-state index contributed by atoms with van der Waals surface area (Å²) in [5.41, 5.74) is 0.287. The molecule has 2 saturated heterocycles. The Labute approximate surface area is 436 Å². The third-order valence-electron chi connectivity index (χ3n) is 10.9. The van der Waals surface area contributed by atoms with Gasteiger partial charge in [-0.1, -0.05) is 37.8 Å².